The molecule has 0 amide bonds. The number of rotatable bonds is 5. The first kappa shape index (κ1) is 18.6. The van der Waals surface area contributed by atoms with Gasteiger partial charge in [-0.25, -0.2) is 9.79 Å². The molecule has 0 atom stereocenters. The van der Waals surface area contributed by atoms with Crippen molar-refractivity contribution in [2.75, 3.05) is 21.3 Å². The number of methoxy groups -OCH3 is 3. The van der Waals surface area contributed by atoms with E-state index in [0.717, 1.165) is 16.3 Å². The first-order valence-corrected chi connectivity index (χ1v) is 8.95. The van der Waals surface area contributed by atoms with Crippen LogP contribution in [0.15, 0.2) is 65.3 Å². The SMILES string of the molecule is COc1cc(OC)c(OC)cc1C=C1N=C(c2cccc3ccccc23)OC1=O. The molecule has 0 aliphatic carbocycles. The van der Waals surface area contributed by atoms with Crippen molar-refractivity contribution in [3.05, 3.63) is 71.4 Å². The third-order valence-electron chi connectivity index (χ3n) is 4.67. The predicted octanol–water partition coefficient (Wildman–Crippen LogP) is 4.21. The monoisotopic (exact) mass is 389 g/mol. The molecule has 0 unspecified atom stereocenters. The number of benzene rings is 3. The largest absolute Gasteiger partial charge is 0.496 e. The molecule has 0 aromatic heterocycles. The van der Waals surface area contributed by atoms with Gasteiger partial charge in [0, 0.05) is 17.2 Å². The van der Waals surface area contributed by atoms with Gasteiger partial charge in [0.25, 0.3) is 0 Å². The molecule has 4 rings (SSSR count). The van der Waals surface area contributed by atoms with Crippen molar-refractivity contribution in [2.24, 2.45) is 4.99 Å². The van der Waals surface area contributed by atoms with Crippen LogP contribution in [0.2, 0.25) is 0 Å². The molecule has 3 aromatic carbocycles. The van der Waals surface area contributed by atoms with Crippen molar-refractivity contribution in [3.8, 4) is 17.2 Å². The smallest absolute Gasteiger partial charge is 0.363 e. The van der Waals surface area contributed by atoms with Crippen LogP contribution in [0.25, 0.3) is 16.8 Å². The summed E-state index contributed by atoms with van der Waals surface area (Å²) in [6.45, 7) is 0. The molecule has 0 N–H and O–H groups in total. The third-order valence-corrected chi connectivity index (χ3v) is 4.67. The lowest BCUT2D eigenvalue weighted by Crippen LogP contribution is -2.06. The van der Waals surface area contributed by atoms with E-state index in [4.69, 9.17) is 18.9 Å². The molecule has 0 saturated carbocycles. The number of cyclic esters (lactones) is 1. The lowest BCUT2D eigenvalue weighted by atomic mass is 10.0. The summed E-state index contributed by atoms with van der Waals surface area (Å²) in [6.07, 6.45) is 1.61. The topological polar surface area (TPSA) is 66.3 Å². The number of aliphatic imine (C=N–C) groups is 1. The normalized spacial score (nSPS) is 14.7. The van der Waals surface area contributed by atoms with Crippen LogP contribution < -0.4 is 14.2 Å². The van der Waals surface area contributed by atoms with E-state index in [1.54, 1.807) is 39.5 Å². The van der Waals surface area contributed by atoms with E-state index in [2.05, 4.69) is 4.99 Å². The van der Waals surface area contributed by atoms with Crippen LogP contribution in [0.3, 0.4) is 0 Å². The second kappa shape index (κ2) is 7.67. The van der Waals surface area contributed by atoms with E-state index in [1.807, 2.05) is 42.5 Å². The second-order valence-corrected chi connectivity index (χ2v) is 6.31. The molecule has 146 valence electrons. The first-order chi connectivity index (χ1) is 14.1. The number of esters is 1. The molecule has 0 saturated heterocycles. The maximum atomic E-state index is 12.5. The molecule has 3 aromatic rings. The van der Waals surface area contributed by atoms with Gasteiger partial charge in [0.15, 0.2) is 17.2 Å². The minimum atomic E-state index is -0.523. The first-order valence-electron chi connectivity index (χ1n) is 8.95. The van der Waals surface area contributed by atoms with Gasteiger partial charge in [0.1, 0.15) is 5.75 Å². The summed E-state index contributed by atoms with van der Waals surface area (Å²) in [4.78, 5) is 16.9. The number of ether oxygens (including phenoxy) is 4. The fourth-order valence-electron chi connectivity index (χ4n) is 3.25. The molecule has 6 heteroatoms. The molecule has 0 radical (unpaired) electrons. The lowest BCUT2D eigenvalue weighted by molar-refractivity contribution is -0.129. The van der Waals surface area contributed by atoms with Crippen LogP contribution in [0.4, 0.5) is 0 Å². The quantitative estimate of drug-likeness (QED) is 0.483. The molecule has 1 heterocycles. The molecule has 1 aliphatic rings. The van der Waals surface area contributed by atoms with Crippen molar-refractivity contribution >= 4 is 28.7 Å². The standard InChI is InChI=1S/C23H19NO5/c1-26-19-13-21(28-3)20(27-2)12-15(19)11-18-23(25)29-22(24-18)17-10-6-8-14-7-4-5-9-16(14)17/h4-13H,1-3H3. The maximum Gasteiger partial charge on any atom is 0.363 e. The number of carbonyl (C=O) groups is 1. The minimum Gasteiger partial charge on any atom is -0.496 e. The summed E-state index contributed by atoms with van der Waals surface area (Å²) < 4.78 is 21.5. The van der Waals surface area contributed by atoms with E-state index >= 15 is 0 Å². The van der Waals surface area contributed by atoms with Gasteiger partial charge in [-0.3, -0.25) is 0 Å². The Morgan fingerprint density at radius 1 is 0.862 bits per heavy atom. The zero-order valence-electron chi connectivity index (χ0n) is 16.3. The van der Waals surface area contributed by atoms with E-state index in [1.165, 1.54) is 0 Å². The molecule has 6 nitrogen and oxygen atoms in total. The van der Waals surface area contributed by atoms with E-state index in [-0.39, 0.29) is 11.6 Å². The van der Waals surface area contributed by atoms with Crippen molar-refractivity contribution < 1.29 is 23.7 Å². The van der Waals surface area contributed by atoms with Crippen molar-refractivity contribution in [1.29, 1.82) is 0 Å². The Balaban J connectivity index is 1.79. The average molecular weight is 389 g/mol. The van der Waals surface area contributed by atoms with Crippen LogP contribution in [0.5, 0.6) is 17.2 Å². The van der Waals surface area contributed by atoms with Gasteiger partial charge in [0.05, 0.1) is 21.3 Å². The second-order valence-electron chi connectivity index (χ2n) is 6.31. The number of hydrogen-bond donors (Lipinski definition) is 0. The van der Waals surface area contributed by atoms with Gasteiger partial charge in [0.2, 0.25) is 5.90 Å². The number of hydrogen-bond acceptors (Lipinski definition) is 6. The minimum absolute atomic E-state index is 0.179. The number of carbonyl (C=O) groups excluding carboxylic acids is 1. The van der Waals surface area contributed by atoms with E-state index in [0.29, 0.717) is 22.8 Å². The summed E-state index contributed by atoms with van der Waals surface area (Å²) in [5.74, 6) is 1.32. The van der Waals surface area contributed by atoms with Crippen LogP contribution >= 0.6 is 0 Å². The summed E-state index contributed by atoms with van der Waals surface area (Å²) in [6, 6.07) is 17.1. The molecule has 1 aliphatic heterocycles. The predicted molar refractivity (Wildman–Crippen MR) is 111 cm³/mol. The number of nitrogens with zero attached hydrogens (tertiary/aromatic N) is 1. The summed E-state index contributed by atoms with van der Waals surface area (Å²) in [7, 11) is 4.63. The Morgan fingerprint density at radius 3 is 2.31 bits per heavy atom. The summed E-state index contributed by atoms with van der Waals surface area (Å²) in [5.41, 5.74) is 1.57. The van der Waals surface area contributed by atoms with Crippen molar-refractivity contribution in [1.82, 2.24) is 0 Å². The van der Waals surface area contributed by atoms with Gasteiger partial charge in [-0.05, 0) is 29.0 Å². The van der Waals surface area contributed by atoms with Crippen LogP contribution in [0.1, 0.15) is 11.1 Å². The fourth-order valence-corrected chi connectivity index (χ4v) is 3.25. The molecular formula is C23H19NO5. The van der Waals surface area contributed by atoms with Gasteiger partial charge in [-0.1, -0.05) is 36.4 Å². The Morgan fingerprint density at radius 2 is 1.55 bits per heavy atom. The third kappa shape index (κ3) is 3.40. The zero-order chi connectivity index (χ0) is 20.4. The fraction of sp³-hybridized carbons (Fsp3) is 0.130. The Labute approximate surface area is 168 Å². The molecule has 0 bridgehead atoms. The Hall–Kier alpha value is -3.80. The highest BCUT2D eigenvalue weighted by Crippen LogP contribution is 2.36. The molecular weight excluding hydrogens is 370 g/mol. The highest BCUT2D eigenvalue weighted by atomic mass is 16.6. The lowest BCUT2D eigenvalue weighted by Gasteiger charge is -2.12. The van der Waals surface area contributed by atoms with Gasteiger partial charge in [-0.2, -0.15) is 0 Å². The van der Waals surface area contributed by atoms with E-state index < -0.39 is 5.97 Å². The van der Waals surface area contributed by atoms with Crippen molar-refractivity contribution in [2.45, 2.75) is 0 Å². The Bertz CT molecular complexity index is 1160. The van der Waals surface area contributed by atoms with Gasteiger partial charge in [-0.15, -0.1) is 0 Å². The number of fused-ring (bicyclic) bond motifs is 1. The highest BCUT2D eigenvalue weighted by Gasteiger charge is 2.26. The van der Waals surface area contributed by atoms with Gasteiger partial charge < -0.3 is 18.9 Å². The van der Waals surface area contributed by atoms with Crippen LogP contribution in [0, 0.1) is 0 Å². The van der Waals surface area contributed by atoms with Crippen molar-refractivity contribution in [3.63, 3.8) is 0 Å². The zero-order valence-corrected chi connectivity index (χ0v) is 16.3. The van der Waals surface area contributed by atoms with Crippen LogP contribution in [-0.4, -0.2) is 33.2 Å². The molecule has 0 fully saturated rings. The van der Waals surface area contributed by atoms with Crippen LogP contribution in [-0.2, 0) is 9.53 Å². The summed E-state index contributed by atoms with van der Waals surface area (Å²) in [5, 5.41) is 2.01. The molecule has 0 spiro atoms. The van der Waals surface area contributed by atoms with Gasteiger partial charge >= 0.3 is 5.97 Å². The Kier molecular flexibility index (Phi) is 4.91. The highest BCUT2D eigenvalue weighted by molar-refractivity contribution is 6.17. The summed E-state index contributed by atoms with van der Waals surface area (Å²) >= 11 is 0. The maximum absolute atomic E-state index is 12.5. The average Bonchev–Trinajstić information content (AvgIpc) is 3.12. The molecule has 29 heavy (non-hydrogen) atoms. The van der Waals surface area contributed by atoms with E-state index in [9.17, 15) is 4.79 Å².